The lowest BCUT2D eigenvalue weighted by atomic mass is 10.0. The molecule has 1 aromatic rings. The van der Waals surface area contributed by atoms with Gasteiger partial charge in [-0.15, -0.1) is 0 Å². The van der Waals surface area contributed by atoms with Gasteiger partial charge >= 0.3 is 0 Å². The van der Waals surface area contributed by atoms with Crippen LogP contribution in [-0.2, 0) is 6.54 Å². The Morgan fingerprint density at radius 2 is 1.88 bits per heavy atom. The summed E-state index contributed by atoms with van der Waals surface area (Å²) >= 11 is 0. The third kappa shape index (κ3) is 4.35. The molecule has 1 heterocycles. The molecule has 0 aromatic heterocycles. The van der Waals surface area contributed by atoms with Crippen LogP contribution in [0.1, 0.15) is 35.2 Å². The Kier molecular flexibility index (Phi) is 5.87. The molecule has 1 aliphatic heterocycles. The number of piperazine rings is 1. The zero-order valence-electron chi connectivity index (χ0n) is 14.7. The number of likely N-dealkylation sites (N-methyl/N-ethyl adjacent to an activating group) is 1. The molecule has 1 amide bonds. The van der Waals surface area contributed by atoms with Crippen molar-refractivity contribution in [3.63, 3.8) is 0 Å². The molecule has 1 saturated carbocycles. The maximum Gasteiger partial charge on any atom is 0.251 e. The number of hydrogen-bond acceptors (Lipinski definition) is 4. The van der Waals surface area contributed by atoms with Crippen molar-refractivity contribution in [2.75, 3.05) is 39.8 Å². The fourth-order valence-corrected chi connectivity index (χ4v) is 3.79. The lowest BCUT2D eigenvalue weighted by molar-refractivity contribution is 0.0928. The number of hydrogen-bond donors (Lipinski definition) is 2. The maximum absolute atomic E-state index is 12.4. The predicted octanol–water partition coefficient (Wildman–Crippen LogP) is 1.29. The smallest absolute Gasteiger partial charge is 0.251 e. The minimum absolute atomic E-state index is 0.0338. The Balaban J connectivity index is 1.53. The van der Waals surface area contributed by atoms with E-state index in [1.165, 1.54) is 5.56 Å². The number of amides is 1. The van der Waals surface area contributed by atoms with E-state index in [1.54, 1.807) is 0 Å². The average Bonchev–Trinajstić information content (AvgIpc) is 3.04. The van der Waals surface area contributed by atoms with Gasteiger partial charge in [-0.1, -0.05) is 18.6 Å². The summed E-state index contributed by atoms with van der Waals surface area (Å²) in [7, 11) is 2.17. The van der Waals surface area contributed by atoms with Crippen LogP contribution in [0, 0.1) is 5.92 Å². The molecule has 3 N–H and O–H groups in total. The van der Waals surface area contributed by atoms with E-state index in [1.807, 2.05) is 12.1 Å². The molecule has 2 atom stereocenters. The Morgan fingerprint density at radius 1 is 1.17 bits per heavy atom. The second-order valence-corrected chi connectivity index (χ2v) is 7.28. The van der Waals surface area contributed by atoms with Crippen LogP contribution in [0.3, 0.4) is 0 Å². The van der Waals surface area contributed by atoms with E-state index in [0.717, 1.165) is 57.5 Å². The zero-order chi connectivity index (χ0) is 16.9. The van der Waals surface area contributed by atoms with Gasteiger partial charge in [0.25, 0.3) is 5.91 Å². The van der Waals surface area contributed by atoms with Gasteiger partial charge in [-0.25, -0.2) is 0 Å². The predicted molar refractivity (Wildman–Crippen MR) is 96.9 cm³/mol. The summed E-state index contributed by atoms with van der Waals surface area (Å²) < 4.78 is 0. The number of rotatable bonds is 5. The average molecular weight is 330 g/mol. The standard InChI is InChI=1S/C19H30N4O/c1-22-9-11-23(12-10-22)14-15-5-7-16(8-6-15)19(24)21-18-4-2-3-17(18)13-20/h5-8,17-18H,2-4,9-14,20H2,1H3,(H,21,24). The van der Waals surface area contributed by atoms with Crippen molar-refractivity contribution in [3.8, 4) is 0 Å². The van der Waals surface area contributed by atoms with E-state index >= 15 is 0 Å². The van der Waals surface area contributed by atoms with E-state index in [0.29, 0.717) is 12.5 Å². The van der Waals surface area contributed by atoms with Crippen molar-refractivity contribution in [2.45, 2.75) is 31.8 Å². The highest BCUT2D eigenvalue weighted by Crippen LogP contribution is 2.24. The molecule has 2 fully saturated rings. The van der Waals surface area contributed by atoms with Crippen molar-refractivity contribution in [2.24, 2.45) is 11.7 Å². The van der Waals surface area contributed by atoms with Gasteiger partial charge in [0.1, 0.15) is 0 Å². The fraction of sp³-hybridized carbons (Fsp3) is 0.632. The molecule has 0 bridgehead atoms. The number of nitrogens with one attached hydrogen (secondary N) is 1. The quantitative estimate of drug-likeness (QED) is 0.854. The first-order valence-corrected chi connectivity index (χ1v) is 9.16. The van der Waals surface area contributed by atoms with Crippen molar-refractivity contribution >= 4 is 5.91 Å². The van der Waals surface area contributed by atoms with Gasteiger partial charge in [0.2, 0.25) is 0 Å². The van der Waals surface area contributed by atoms with Crippen LogP contribution in [0.2, 0.25) is 0 Å². The van der Waals surface area contributed by atoms with Gasteiger partial charge in [-0.05, 0) is 50.0 Å². The normalized spacial score (nSPS) is 25.8. The van der Waals surface area contributed by atoms with Crippen molar-refractivity contribution in [1.82, 2.24) is 15.1 Å². The second kappa shape index (κ2) is 8.10. The monoisotopic (exact) mass is 330 g/mol. The summed E-state index contributed by atoms with van der Waals surface area (Å²) in [6, 6.07) is 8.32. The Hall–Kier alpha value is -1.43. The molecule has 24 heavy (non-hydrogen) atoms. The van der Waals surface area contributed by atoms with Gasteiger partial charge in [0.15, 0.2) is 0 Å². The van der Waals surface area contributed by atoms with E-state index in [4.69, 9.17) is 5.73 Å². The second-order valence-electron chi connectivity index (χ2n) is 7.28. The number of carbonyl (C=O) groups is 1. The fourth-order valence-electron chi connectivity index (χ4n) is 3.79. The minimum Gasteiger partial charge on any atom is -0.349 e. The molecule has 2 aliphatic rings. The van der Waals surface area contributed by atoms with Crippen LogP contribution in [0.15, 0.2) is 24.3 Å². The van der Waals surface area contributed by atoms with Crippen LogP contribution in [-0.4, -0.2) is 61.5 Å². The Labute approximate surface area is 145 Å². The molecule has 2 unspecified atom stereocenters. The molecule has 5 nitrogen and oxygen atoms in total. The SMILES string of the molecule is CN1CCN(Cc2ccc(C(=O)NC3CCCC3CN)cc2)CC1. The van der Waals surface area contributed by atoms with Gasteiger partial charge in [-0.3, -0.25) is 9.69 Å². The van der Waals surface area contributed by atoms with E-state index in [2.05, 4.69) is 34.3 Å². The van der Waals surface area contributed by atoms with Gasteiger partial charge < -0.3 is 16.0 Å². The molecule has 1 aliphatic carbocycles. The van der Waals surface area contributed by atoms with Crippen molar-refractivity contribution in [1.29, 1.82) is 0 Å². The van der Waals surface area contributed by atoms with Gasteiger partial charge in [-0.2, -0.15) is 0 Å². The highest BCUT2D eigenvalue weighted by molar-refractivity contribution is 5.94. The lowest BCUT2D eigenvalue weighted by Gasteiger charge is -2.32. The molecule has 5 heteroatoms. The molecule has 1 saturated heterocycles. The largest absolute Gasteiger partial charge is 0.349 e. The third-order valence-corrected chi connectivity index (χ3v) is 5.50. The summed E-state index contributed by atoms with van der Waals surface area (Å²) in [4.78, 5) is 17.3. The van der Waals surface area contributed by atoms with E-state index in [9.17, 15) is 4.79 Å². The number of carbonyl (C=O) groups excluding carboxylic acids is 1. The van der Waals surface area contributed by atoms with Gasteiger partial charge in [0.05, 0.1) is 0 Å². The zero-order valence-corrected chi connectivity index (χ0v) is 14.7. The van der Waals surface area contributed by atoms with Crippen LogP contribution < -0.4 is 11.1 Å². The first kappa shape index (κ1) is 17.4. The summed E-state index contributed by atoms with van der Waals surface area (Å²) in [5, 5.41) is 3.17. The Bertz CT molecular complexity index is 537. The molecule has 0 spiro atoms. The molecule has 1 aromatic carbocycles. The van der Waals surface area contributed by atoms with Crippen LogP contribution in [0.5, 0.6) is 0 Å². The van der Waals surface area contributed by atoms with E-state index in [-0.39, 0.29) is 11.9 Å². The first-order chi connectivity index (χ1) is 11.7. The van der Waals surface area contributed by atoms with Crippen molar-refractivity contribution < 1.29 is 4.79 Å². The van der Waals surface area contributed by atoms with Crippen LogP contribution in [0.4, 0.5) is 0 Å². The van der Waals surface area contributed by atoms with E-state index < -0.39 is 0 Å². The van der Waals surface area contributed by atoms with Crippen molar-refractivity contribution in [3.05, 3.63) is 35.4 Å². The maximum atomic E-state index is 12.4. The number of benzene rings is 1. The molecule has 0 radical (unpaired) electrons. The summed E-state index contributed by atoms with van der Waals surface area (Å²) in [5.74, 6) is 0.469. The summed E-state index contributed by atoms with van der Waals surface area (Å²) in [5.41, 5.74) is 7.82. The molecule has 132 valence electrons. The lowest BCUT2D eigenvalue weighted by Crippen LogP contribution is -2.43. The highest BCUT2D eigenvalue weighted by Gasteiger charge is 2.27. The third-order valence-electron chi connectivity index (χ3n) is 5.50. The number of nitrogens with two attached hydrogens (primary N) is 1. The highest BCUT2D eigenvalue weighted by atomic mass is 16.1. The van der Waals surface area contributed by atoms with Crippen LogP contribution in [0.25, 0.3) is 0 Å². The minimum atomic E-state index is 0.0338. The van der Waals surface area contributed by atoms with Gasteiger partial charge in [0, 0.05) is 44.3 Å². The molecular weight excluding hydrogens is 300 g/mol. The summed E-state index contributed by atoms with van der Waals surface area (Å²) in [6.07, 6.45) is 3.34. The first-order valence-electron chi connectivity index (χ1n) is 9.16. The number of nitrogens with zero attached hydrogens (tertiary/aromatic N) is 2. The topological polar surface area (TPSA) is 61.6 Å². The molecular formula is C19H30N4O. The van der Waals surface area contributed by atoms with Crippen LogP contribution >= 0.6 is 0 Å². The molecule has 3 rings (SSSR count). The summed E-state index contributed by atoms with van der Waals surface area (Å²) in [6.45, 7) is 6.11. The Morgan fingerprint density at radius 3 is 2.54 bits per heavy atom.